The van der Waals surface area contributed by atoms with E-state index in [4.69, 9.17) is 10.5 Å². The van der Waals surface area contributed by atoms with Crippen molar-refractivity contribution in [2.75, 3.05) is 12.3 Å². The van der Waals surface area contributed by atoms with Crippen molar-refractivity contribution < 1.29 is 4.74 Å². The molecule has 0 radical (unpaired) electrons. The number of rotatable bonds is 4. The number of nitrogens with two attached hydrogens (primary N) is 1. The molecule has 0 saturated heterocycles. The number of ether oxygens (including phenoxy) is 1. The second kappa shape index (κ2) is 5.83. The number of nitrogens with zero attached hydrogens (tertiary/aromatic N) is 2. The normalized spacial score (nSPS) is 10.3. The minimum absolute atomic E-state index is 0.218. The van der Waals surface area contributed by atoms with Gasteiger partial charge in [-0.25, -0.2) is 4.98 Å². The Morgan fingerprint density at radius 3 is 2.85 bits per heavy atom. The summed E-state index contributed by atoms with van der Waals surface area (Å²) >= 11 is 3.34. The van der Waals surface area contributed by atoms with Crippen LogP contribution < -0.4 is 16.0 Å². The molecule has 0 spiro atoms. The smallest absolute Gasteiger partial charge is 0.282 e. The van der Waals surface area contributed by atoms with Crippen LogP contribution >= 0.6 is 15.9 Å². The summed E-state index contributed by atoms with van der Waals surface area (Å²) in [7, 11) is 0. The number of anilines is 1. The molecular weight excluding hydrogens is 328 g/mol. The third-order valence-corrected chi connectivity index (χ3v) is 3.01. The lowest BCUT2D eigenvalue weighted by atomic mass is 10.2. The van der Waals surface area contributed by atoms with Crippen LogP contribution in [0.3, 0.4) is 0 Å². The Hall–Kier alpha value is -2.22. The number of hydrogen-bond acceptors (Lipinski definition) is 6. The average Bonchev–Trinajstić information content (AvgIpc) is 2.39. The molecule has 104 valence electrons. The van der Waals surface area contributed by atoms with Crippen LogP contribution in [0.2, 0.25) is 0 Å². The summed E-state index contributed by atoms with van der Waals surface area (Å²) in [6.45, 7) is 2.30. The van der Waals surface area contributed by atoms with Gasteiger partial charge >= 0.3 is 0 Å². The van der Waals surface area contributed by atoms with Gasteiger partial charge in [0, 0.05) is 4.47 Å². The van der Waals surface area contributed by atoms with Crippen molar-refractivity contribution in [1.29, 1.82) is 0 Å². The van der Waals surface area contributed by atoms with Crippen LogP contribution in [0.1, 0.15) is 6.92 Å². The van der Waals surface area contributed by atoms with Crippen molar-refractivity contribution in [3.05, 3.63) is 37.9 Å². The van der Waals surface area contributed by atoms with Gasteiger partial charge in [0.05, 0.1) is 12.2 Å². The molecule has 2 rings (SSSR count). The van der Waals surface area contributed by atoms with E-state index in [2.05, 4.69) is 31.1 Å². The number of hydrogen-bond donors (Lipinski definition) is 2. The monoisotopic (exact) mass is 338 g/mol. The lowest BCUT2D eigenvalue weighted by Gasteiger charge is -2.10. The van der Waals surface area contributed by atoms with Crippen molar-refractivity contribution in [1.82, 2.24) is 9.97 Å². The highest BCUT2D eigenvalue weighted by Gasteiger charge is 2.14. The van der Waals surface area contributed by atoms with Crippen molar-refractivity contribution in [2.24, 2.45) is 5.18 Å². The van der Waals surface area contributed by atoms with E-state index in [1.165, 1.54) is 0 Å². The van der Waals surface area contributed by atoms with Gasteiger partial charge in [0.1, 0.15) is 11.6 Å². The Kier molecular flexibility index (Phi) is 4.14. The molecule has 20 heavy (non-hydrogen) atoms. The molecule has 1 aromatic carbocycles. The maximum absolute atomic E-state index is 11.7. The molecule has 0 aliphatic rings. The number of aromatic nitrogens is 2. The van der Waals surface area contributed by atoms with Crippen LogP contribution in [0.5, 0.6) is 5.75 Å². The van der Waals surface area contributed by atoms with Gasteiger partial charge in [-0.3, -0.25) is 4.79 Å². The van der Waals surface area contributed by atoms with Crippen LogP contribution in [0.15, 0.2) is 32.6 Å². The van der Waals surface area contributed by atoms with Gasteiger partial charge < -0.3 is 15.5 Å². The van der Waals surface area contributed by atoms with Gasteiger partial charge in [-0.1, -0.05) is 15.9 Å². The molecule has 0 fully saturated rings. The highest BCUT2D eigenvalue weighted by atomic mass is 79.9. The van der Waals surface area contributed by atoms with E-state index in [1.807, 2.05) is 6.92 Å². The highest BCUT2D eigenvalue weighted by Crippen LogP contribution is 2.31. The van der Waals surface area contributed by atoms with Gasteiger partial charge in [0.2, 0.25) is 5.69 Å². The summed E-state index contributed by atoms with van der Waals surface area (Å²) in [5.74, 6) is 0.538. The first-order valence-corrected chi connectivity index (χ1v) is 6.52. The largest absolute Gasteiger partial charge is 0.493 e. The molecular formula is C12H11BrN4O3. The maximum Gasteiger partial charge on any atom is 0.282 e. The predicted molar refractivity (Wildman–Crippen MR) is 79.0 cm³/mol. The number of benzene rings is 1. The van der Waals surface area contributed by atoms with Crippen LogP contribution in [-0.2, 0) is 0 Å². The quantitative estimate of drug-likeness (QED) is 0.832. The standard InChI is InChI=1S/C12H11BrN4O3/c1-2-20-8-5-6(13)3-4-7(8)11-15-10(14)9(17-19)12(18)16-11/h3-5H,2H2,1H3,(H3,14,15,16,18). The Bertz CT molecular complexity index is 714. The number of nitroso groups, excluding NO2 is 1. The number of halogens is 1. The molecule has 7 nitrogen and oxygen atoms in total. The molecule has 0 bridgehead atoms. The predicted octanol–water partition coefficient (Wildman–Crippen LogP) is 2.58. The summed E-state index contributed by atoms with van der Waals surface area (Å²) < 4.78 is 6.32. The van der Waals surface area contributed by atoms with E-state index in [9.17, 15) is 9.70 Å². The van der Waals surface area contributed by atoms with Gasteiger partial charge in [-0.2, -0.15) is 0 Å². The summed E-state index contributed by atoms with van der Waals surface area (Å²) in [6, 6.07) is 5.25. The lowest BCUT2D eigenvalue weighted by Crippen LogP contribution is -2.12. The SMILES string of the molecule is CCOc1cc(Br)ccc1-c1nc(N)c(N=O)c(=O)[nH]1. The van der Waals surface area contributed by atoms with E-state index >= 15 is 0 Å². The molecule has 0 aliphatic heterocycles. The molecule has 0 amide bonds. The lowest BCUT2D eigenvalue weighted by molar-refractivity contribution is 0.341. The summed E-state index contributed by atoms with van der Waals surface area (Å²) in [6.07, 6.45) is 0. The topological polar surface area (TPSA) is 110 Å². The summed E-state index contributed by atoms with van der Waals surface area (Å²) in [4.78, 5) is 28.6. The van der Waals surface area contributed by atoms with E-state index < -0.39 is 11.2 Å². The van der Waals surface area contributed by atoms with E-state index in [-0.39, 0.29) is 11.6 Å². The maximum atomic E-state index is 11.7. The minimum Gasteiger partial charge on any atom is -0.493 e. The number of nitrogens with one attached hydrogen (secondary N) is 1. The van der Waals surface area contributed by atoms with Crippen LogP contribution in [-0.4, -0.2) is 16.6 Å². The van der Waals surface area contributed by atoms with Crippen molar-refractivity contribution in [3.8, 4) is 17.1 Å². The molecule has 0 aliphatic carbocycles. The van der Waals surface area contributed by atoms with E-state index in [0.29, 0.717) is 17.9 Å². The fourth-order valence-electron chi connectivity index (χ4n) is 1.67. The Morgan fingerprint density at radius 2 is 2.25 bits per heavy atom. The molecule has 2 aromatic rings. The van der Waals surface area contributed by atoms with Crippen LogP contribution in [0.4, 0.5) is 11.5 Å². The zero-order chi connectivity index (χ0) is 14.7. The molecule has 1 heterocycles. The van der Waals surface area contributed by atoms with Gasteiger partial charge in [-0.15, -0.1) is 4.91 Å². The molecule has 0 saturated carbocycles. The minimum atomic E-state index is -0.687. The van der Waals surface area contributed by atoms with E-state index in [1.54, 1.807) is 18.2 Å². The first-order chi connectivity index (χ1) is 9.56. The first-order valence-electron chi connectivity index (χ1n) is 5.72. The number of nitrogen functional groups attached to an aromatic ring is 1. The van der Waals surface area contributed by atoms with Crippen LogP contribution in [0.25, 0.3) is 11.4 Å². The van der Waals surface area contributed by atoms with Crippen molar-refractivity contribution in [3.63, 3.8) is 0 Å². The average molecular weight is 339 g/mol. The Labute approximate surface area is 122 Å². The second-order valence-corrected chi connectivity index (χ2v) is 4.73. The van der Waals surface area contributed by atoms with Crippen molar-refractivity contribution >= 4 is 27.4 Å². The first kappa shape index (κ1) is 14.2. The molecule has 1 aromatic heterocycles. The third-order valence-electron chi connectivity index (χ3n) is 2.51. The Balaban J connectivity index is 2.62. The third kappa shape index (κ3) is 2.69. The molecule has 0 atom stereocenters. The highest BCUT2D eigenvalue weighted by molar-refractivity contribution is 9.10. The number of H-pyrrole nitrogens is 1. The zero-order valence-corrected chi connectivity index (χ0v) is 12.1. The fourth-order valence-corrected chi connectivity index (χ4v) is 2.01. The second-order valence-electron chi connectivity index (χ2n) is 3.81. The number of aromatic amines is 1. The van der Waals surface area contributed by atoms with Crippen LogP contribution in [0, 0.1) is 4.91 Å². The fraction of sp³-hybridized carbons (Fsp3) is 0.167. The summed E-state index contributed by atoms with van der Waals surface area (Å²) in [5, 5.41) is 2.56. The zero-order valence-electron chi connectivity index (χ0n) is 10.5. The van der Waals surface area contributed by atoms with Gasteiger partial charge in [-0.05, 0) is 30.3 Å². The van der Waals surface area contributed by atoms with Gasteiger partial charge in [0.15, 0.2) is 5.82 Å². The van der Waals surface area contributed by atoms with E-state index in [0.717, 1.165) is 4.47 Å². The Morgan fingerprint density at radius 1 is 1.50 bits per heavy atom. The molecule has 0 unspecified atom stereocenters. The van der Waals surface area contributed by atoms with Gasteiger partial charge in [0.25, 0.3) is 5.56 Å². The molecule has 3 N–H and O–H groups in total. The molecule has 8 heteroatoms. The summed E-state index contributed by atoms with van der Waals surface area (Å²) in [5.41, 5.74) is 5.00. The van der Waals surface area contributed by atoms with Crippen molar-refractivity contribution in [2.45, 2.75) is 6.92 Å².